The van der Waals surface area contributed by atoms with Gasteiger partial charge in [-0.25, -0.2) is 9.59 Å². The van der Waals surface area contributed by atoms with Gasteiger partial charge in [0.25, 0.3) is 0 Å². The molecule has 2 N–H and O–H groups in total. The van der Waals surface area contributed by atoms with E-state index in [2.05, 4.69) is 26.8 Å². The van der Waals surface area contributed by atoms with E-state index in [1.54, 1.807) is 22.9 Å². The highest BCUT2D eigenvalue weighted by molar-refractivity contribution is 6.42. The van der Waals surface area contributed by atoms with Crippen molar-refractivity contribution in [2.24, 2.45) is 5.92 Å². The van der Waals surface area contributed by atoms with Crippen LogP contribution in [0.4, 0.5) is 4.79 Å². The van der Waals surface area contributed by atoms with E-state index in [-0.39, 0.29) is 24.2 Å². The van der Waals surface area contributed by atoms with Crippen LogP contribution >= 0.6 is 23.2 Å². The zero-order valence-electron chi connectivity index (χ0n) is 27.0. The molecule has 0 aliphatic carbocycles. The first-order valence-electron chi connectivity index (χ1n) is 16.8. The van der Waals surface area contributed by atoms with E-state index >= 15 is 0 Å². The number of imidazole rings is 1. The fourth-order valence-electron chi connectivity index (χ4n) is 8.13. The number of aromatic amines is 1. The molecule has 4 aromatic rings. The van der Waals surface area contributed by atoms with Gasteiger partial charge in [-0.15, -0.1) is 0 Å². The van der Waals surface area contributed by atoms with E-state index in [4.69, 9.17) is 23.2 Å². The van der Waals surface area contributed by atoms with Crippen molar-refractivity contribution in [3.05, 3.63) is 74.8 Å². The summed E-state index contributed by atoms with van der Waals surface area (Å²) in [4.78, 5) is 56.7. The third kappa shape index (κ3) is 6.41. The van der Waals surface area contributed by atoms with Crippen molar-refractivity contribution in [1.29, 1.82) is 0 Å². The largest absolute Gasteiger partial charge is 0.465 e. The molecule has 3 aliphatic heterocycles. The van der Waals surface area contributed by atoms with E-state index in [1.165, 1.54) is 4.90 Å². The lowest BCUT2D eigenvalue weighted by Gasteiger charge is -2.45. The first-order chi connectivity index (χ1) is 23.2. The van der Waals surface area contributed by atoms with Crippen LogP contribution in [0.5, 0.6) is 0 Å². The number of rotatable bonds is 6. The molecule has 0 radical (unpaired) electrons. The van der Waals surface area contributed by atoms with Gasteiger partial charge in [-0.2, -0.15) is 0 Å². The molecular formula is C35H41Cl2N7O4. The lowest BCUT2D eigenvalue weighted by Crippen LogP contribution is -2.58. The van der Waals surface area contributed by atoms with Crippen molar-refractivity contribution in [1.82, 2.24) is 34.1 Å². The molecule has 0 spiro atoms. The first kappa shape index (κ1) is 32.9. The molecule has 2 aromatic heterocycles. The molecule has 3 fully saturated rings. The predicted octanol–water partition coefficient (Wildman–Crippen LogP) is 4.97. The van der Waals surface area contributed by atoms with E-state index < -0.39 is 18.1 Å². The fraction of sp³-hybridized carbons (Fsp3) is 0.486. The van der Waals surface area contributed by atoms with Crippen LogP contribution in [0, 0.1) is 5.92 Å². The summed E-state index contributed by atoms with van der Waals surface area (Å²) in [6.07, 6.45) is 3.92. The number of hydrogen-bond donors (Lipinski definition) is 2. The Hall–Kier alpha value is -3.64. The molecule has 0 bridgehead atoms. The Morgan fingerprint density at radius 3 is 2.42 bits per heavy atom. The number of carboxylic acid groups (broad SMARTS) is 1. The van der Waals surface area contributed by atoms with Crippen LogP contribution in [0.2, 0.25) is 10.0 Å². The third-order valence-electron chi connectivity index (χ3n) is 10.7. The molecule has 2 aromatic carbocycles. The van der Waals surface area contributed by atoms with Gasteiger partial charge in [0.05, 0.1) is 38.7 Å². The molecule has 3 atom stereocenters. The highest BCUT2D eigenvalue weighted by Gasteiger charge is 2.43. The maximum absolute atomic E-state index is 14.6. The number of para-hydroxylation sites is 1. The average molecular weight is 695 g/mol. The molecule has 3 saturated heterocycles. The highest BCUT2D eigenvalue weighted by atomic mass is 35.5. The van der Waals surface area contributed by atoms with Crippen LogP contribution in [0.15, 0.2) is 53.5 Å². The Bertz CT molecular complexity index is 1880. The second kappa shape index (κ2) is 13.7. The third-order valence-corrected chi connectivity index (χ3v) is 11.5. The Morgan fingerprint density at radius 2 is 1.69 bits per heavy atom. The van der Waals surface area contributed by atoms with Gasteiger partial charge in [0, 0.05) is 56.2 Å². The van der Waals surface area contributed by atoms with E-state index in [1.807, 2.05) is 35.2 Å². The lowest BCUT2D eigenvalue weighted by molar-refractivity contribution is -0.140. The van der Waals surface area contributed by atoms with Crippen molar-refractivity contribution in [2.75, 3.05) is 52.9 Å². The molecule has 2 unspecified atom stereocenters. The standard InChI is InChI=1S/C35H41Cl2N7O4/c1-40-11-8-23(9-12-40)41-14-16-42(17-15-41)33(45)26(18-22-6-7-27(36)28(37)19-22)30-20-24(10-13-43(30)35(47)48)44-31-21-38-29-5-3-2-4-25(29)32(31)39-34(44)46/h2-7,19,21,23-24,26,30H,8-18,20H2,1H3,(H,39,46)(H,47,48)/t24?,26?,30-/m1/s1. The van der Waals surface area contributed by atoms with E-state index in [9.17, 15) is 19.5 Å². The summed E-state index contributed by atoms with van der Waals surface area (Å²) >= 11 is 12.6. The summed E-state index contributed by atoms with van der Waals surface area (Å²) in [5.74, 6) is -0.754. The van der Waals surface area contributed by atoms with Crippen LogP contribution in [-0.4, -0.2) is 116 Å². The van der Waals surface area contributed by atoms with Gasteiger partial charge < -0.3 is 24.8 Å². The van der Waals surface area contributed by atoms with Gasteiger partial charge in [-0.1, -0.05) is 47.5 Å². The number of nitrogens with one attached hydrogen (secondary N) is 1. The minimum absolute atomic E-state index is 0.0695. The molecule has 3 aliphatic rings. The maximum Gasteiger partial charge on any atom is 0.407 e. The summed E-state index contributed by atoms with van der Waals surface area (Å²) in [5.41, 5.74) is 2.69. The Balaban J connectivity index is 1.20. The number of carbonyl (C=O) groups excluding carboxylic acids is 1. The van der Waals surface area contributed by atoms with Crippen molar-refractivity contribution in [2.45, 2.75) is 50.2 Å². The van der Waals surface area contributed by atoms with Crippen LogP contribution in [0.25, 0.3) is 21.9 Å². The molecule has 13 heteroatoms. The van der Waals surface area contributed by atoms with Crippen LogP contribution in [0.3, 0.4) is 0 Å². The maximum atomic E-state index is 14.6. The number of nitrogens with zero attached hydrogens (tertiary/aromatic N) is 6. The zero-order valence-corrected chi connectivity index (χ0v) is 28.5. The number of piperidine rings is 2. The van der Waals surface area contributed by atoms with Gasteiger partial charge in [-0.3, -0.25) is 19.2 Å². The minimum Gasteiger partial charge on any atom is -0.465 e. The van der Waals surface area contributed by atoms with E-state index in [0.717, 1.165) is 55.5 Å². The van der Waals surface area contributed by atoms with Crippen LogP contribution in [-0.2, 0) is 11.2 Å². The van der Waals surface area contributed by atoms with Crippen molar-refractivity contribution in [3.63, 3.8) is 0 Å². The predicted molar refractivity (Wildman–Crippen MR) is 187 cm³/mol. The highest BCUT2D eigenvalue weighted by Crippen LogP contribution is 2.36. The number of hydrogen-bond acceptors (Lipinski definition) is 6. The topological polar surface area (TPSA) is 118 Å². The van der Waals surface area contributed by atoms with Gasteiger partial charge in [0.2, 0.25) is 5.91 Å². The van der Waals surface area contributed by atoms with Crippen molar-refractivity contribution in [3.8, 4) is 0 Å². The molecule has 48 heavy (non-hydrogen) atoms. The number of fused-ring (bicyclic) bond motifs is 3. The van der Waals surface area contributed by atoms with E-state index in [0.29, 0.717) is 59.5 Å². The number of carbonyl (C=O) groups is 2. The monoisotopic (exact) mass is 693 g/mol. The molecule has 0 saturated carbocycles. The number of piperazine rings is 1. The summed E-state index contributed by atoms with van der Waals surface area (Å²) in [6, 6.07) is 12.5. The Morgan fingerprint density at radius 1 is 0.958 bits per heavy atom. The second-order valence-electron chi connectivity index (χ2n) is 13.5. The minimum atomic E-state index is -1.07. The van der Waals surface area contributed by atoms with Gasteiger partial charge in [0.15, 0.2) is 0 Å². The Labute approximate surface area is 289 Å². The number of amides is 2. The fourth-order valence-corrected chi connectivity index (χ4v) is 8.45. The zero-order chi connectivity index (χ0) is 33.5. The van der Waals surface area contributed by atoms with Crippen LogP contribution < -0.4 is 5.69 Å². The smallest absolute Gasteiger partial charge is 0.407 e. The number of benzene rings is 2. The summed E-state index contributed by atoms with van der Waals surface area (Å²) in [6.45, 7) is 5.12. The molecule has 5 heterocycles. The second-order valence-corrected chi connectivity index (χ2v) is 14.3. The number of likely N-dealkylation sites (tertiary alicyclic amines) is 2. The van der Waals surface area contributed by atoms with Crippen molar-refractivity contribution < 1.29 is 14.7 Å². The van der Waals surface area contributed by atoms with Gasteiger partial charge in [-0.05, 0) is 76.0 Å². The summed E-state index contributed by atoms with van der Waals surface area (Å²) in [7, 11) is 2.16. The first-order valence-corrected chi connectivity index (χ1v) is 17.6. The molecule has 254 valence electrons. The molecular weight excluding hydrogens is 653 g/mol. The summed E-state index contributed by atoms with van der Waals surface area (Å²) in [5, 5.41) is 12.1. The van der Waals surface area contributed by atoms with Crippen molar-refractivity contribution >= 4 is 57.1 Å². The molecule has 7 rings (SSSR count). The average Bonchev–Trinajstić information content (AvgIpc) is 3.44. The Kier molecular flexibility index (Phi) is 9.39. The lowest BCUT2D eigenvalue weighted by atomic mass is 9.82. The number of halogens is 2. The number of aromatic nitrogens is 3. The number of pyridine rings is 1. The quantitative estimate of drug-likeness (QED) is 0.293. The van der Waals surface area contributed by atoms with Gasteiger partial charge >= 0.3 is 11.8 Å². The molecule has 2 amide bonds. The number of H-pyrrole nitrogens is 1. The van der Waals surface area contributed by atoms with Crippen LogP contribution in [0.1, 0.15) is 37.3 Å². The SMILES string of the molecule is CN1CCC(N2CCN(C(=O)C(Cc3ccc(Cl)c(Cl)c3)[C@H]3CC(n4c(=O)[nH]c5c6ccccc6ncc54)CCN3C(=O)O)CC2)CC1. The van der Waals surface area contributed by atoms with Gasteiger partial charge in [0.1, 0.15) is 0 Å². The normalized spacial score (nSPS) is 22.4. The molecule has 11 nitrogen and oxygen atoms in total. The summed E-state index contributed by atoms with van der Waals surface area (Å²) < 4.78 is 1.71.